The molecule has 77 heavy (non-hydrogen) atoms. The van der Waals surface area contributed by atoms with E-state index >= 15 is 0 Å². The molecule has 6 N–H and O–H groups in total. The summed E-state index contributed by atoms with van der Waals surface area (Å²) < 4.78 is 122. The van der Waals surface area contributed by atoms with Gasteiger partial charge in [0.25, 0.3) is 0 Å². The molecule has 3 rings (SSSR count). The van der Waals surface area contributed by atoms with Gasteiger partial charge in [0, 0.05) is 57.1 Å². The molecule has 0 amide bonds. The zero-order chi connectivity index (χ0) is 66.6. The number of hydrogen-bond donors (Lipinski definition) is 6. The van der Waals surface area contributed by atoms with Crippen LogP contribution >= 0.6 is 0 Å². The van der Waals surface area contributed by atoms with Crippen molar-refractivity contribution >= 4 is 41.8 Å². The molecule has 0 atom stereocenters. The van der Waals surface area contributed by atoms with Crippen LogP contribution in [0.3, 0.4) is 0 Å². The molecule has 0 heterocycles. The van der Waals surface area contributed by atoms with Crippen molar-refractivity contribution in [2.75, 3.05) is 26.9 Å². The first-order chi connectivity index (χ1) is 38.4. The van der Waals surface area contributed by atoms with E-state index in [-0.39, 0.29) is 60.1 Å². The van der Waals surface area contributed by atoms with Crippen molar-refractivity contribution in [3.8, 4) is 0 Å². The van der Waals surface area contributed by atoms with Gasteiger partial charge in [0.05, 0.1) is 25.6 Å². The molecule has 0 unspecified atom stereocenters. The number of benzene rings is 3. The normalized spacial score (nSPS) is 12.1. The van der Waals surface area contributed by atoms with E-state index in [1.54, 1.807) is 84.0 Å². The van der Waals surface area contributed by atoms with Crippen molar-refractivity contribution in [1.29, 1.82) is 1.43 Å². The first kappa shape index (κ1) is 64.9. The van der Waals surface area contributed by atoms with Crippen LogP contribution in [0.1, 0.15) is 162 Å². The molecule has 444 valence electrons. The van der Waals surface area contributed by atoms with Gasteiger partial charge in [-0.2, -0.15) is 0 Å². The molecule has 0 aliphatic rings. The van der Waals surface area contributed by atoms with Crippen molar-refractivity contribution < 1.29 is 128 Å². The molecule has 0 aromatic heterocycles. The Kier molecular flexibility index (Phi) is 45.9. The van der Waals surface area contributed by atoms with Crippen LogP contribution in [0.15, 0.2) is 91.0 Å². The summed E-state index contributed by atoms with van der Waals surface area (Å²) in [5, 5.41) is 46.0. The van der Waals surface area contributed by atoms with Crippen LogP contribution in [0.25, 0.3) is 0 Å². The molecule has 23 heteroatoms. The quantitative estimate of drug-likeness (QED) is 0.0331. The van der Waals surface area contributed by atoms with E-state index in [2.05, 4.69) is 5.11 Å². The van der Waals surface area contributed by atoms with Crippen LogP contribution in [0, 0.1) is 0 Å². The van der Waals surface area contributed by atoms with E-state index in [1.165, 1.54) is 7.11 Å². The summed E-state index contributed by atoms with van der Waals surface area (Å²) in [6.45, 7) is 13.3. The van der Waals surface area contributed by atoms with Gasteiger partial charge in [-0.25, -0.2) is 0 Å². The fourth-order valence-corrected chi connectivity index (χ4v) is 3.95. The number of carboxylic acid groups (broad SMARTS) is 2. The van der Waals surface area contributed by atoms with Crippen LogP contribution < -0.4 is 0 Å². The van der Waals surface area contributed by atoms with Gasteiger partial charge in [0.1, 0.15) is 31.0 Å². The SMILES string of the molecule is C.C.CC.O=C(CCCO)OCc1ccccc1.[2H]C([2H])(CC(=O)O)C(=O)OCc1ccccc1.[2H]C([2H])(CC(=O)OC(C)(C)C)C(=O)O.[2H]C([2H])(CCO)C(=O)OCc1ccccc1.[2H]C([2H])(CO)CC(=O)OC(C)(C)C.[2H]OC.[O]=[Ru](=[O])(=[O])=[O]. The summed E-state index contributed by atoms with van der Waals surface area (Å²) in [5.41, 5.74) is 1.15. The Labute approximate surface area is 469 Å². The minimum atomic E-state index is -5.86. The Morgan fingerprint density at radius 2 is 0.805 bits per heavy atom. The topological polar surface area (TPSA) is 355 Å². The number of ether oxygens (including phenoxy) is 5. The van der Waals surface area contributed by atoms with Crippen LogP contribution in [-0.4, -0.2) is 112 Å². The Morgan fingerprint density at radius 1 is 0.481 bits per heavy atom. The summed E-state index contributed by atoms with van der Waals surface area (Å²) in [7, 11) is 1.29. The molecule has 0 aliphatic carbocycles. The summed E-state index contributed by atoms with van der Waals surface area (Å²) in [6, 6.07) is 27.3. The van der Waals surface area contributed by atoms with E-state index < -0.39 is 113 Å². The first-order valence-electron chi connectivity index (χ1n) is 26.7. The summed E-state index contributed by atoms with van der Waals surface area (Å²) in [4.78, 5) is 76.5. The number of carboxylic acids is 2. The van der Waals surface area contributed by atoms with E-state index in [0.29, 0.717) is 18.6 Å². The maximum atomic E-state index is 11.3. The molecular weight excluding hydrogens is 1100 g/mol. The third-order valence-electron chi connectivity index (χ3n) is 6.58. The molecule has 3 aromatic carbocycles. The molecule has 0 spiro atoms. The molecular formula is C54H88O22Ru. The Bertz CT molecular complexity index is 2550. The van der Waals surface area contributed by atoms with Gasteiger partial charge in [-0.15, -0.1) is 0 Å². The zero-order valence-corrected chi connectivity index (χ0v) is 45.4. The van der Waals surface area contributed by atoms with Crippen LogP contribution in [0.5, 0.6) is 0 Å². The van der Waals surface area contributed by atoms with Crippen molar-refractivity contribution in [1.82, 2.24) is 0 Å². The van der Waals surface area contributed by atoms with Gasteiger partial charge in [0.15, 0.2) is 0 Å². The number of aliphatic hydroxyl groups is 4. The van der Waals surface area contributed by atoms with Gasteiger partial charge >= 0.3 is 70.7 Å². The maximum absolute atomic E-state index is 11.3. The van der Waals surface area contributed by atoms with Gasteiger partial charge in [-0.05, 0) is 77.4 Å². The van der Waals surface area contributed by atoms with Gasteiger partial charge in [-0.3, -0.25) is 33.6 Å². The monoisotopic (exact) mass is 1200 g/mol. The summed E-state index contributed by atoms with van der Waals surface area (Å²) in [6.07, 6.45) is -10.7. The fourth-order valence-electron chi connectivity index (χ4n) is 3.95. The number of aliphatic carboxylic acids is 2. The number of hydrogen-bond acceptors (Lipinski definition) is 20. The summed E-state index contributed by atoms with van der Waals surface area (Å²) >= 11 is -5.86. The van der Waals surface area contributed by atoms with Crippen LogP contribution in [-0.2, 0) is 106 Å². The Morgan fingerprint density at radius 3 is 1.10 bits per heavy atom. The number of rotatable bonds is 21. The summed E-state index contributed by atoms with van der Waals surface area (Å²) in [5.74, 6) is -6.90. The van der Waals surface area contributed by atoms with Gasteiger partial charge in [-0.1, -0.05) is 120 Å². The van der Waals surface area contributed by atoms with Crippen molar-refractivity contribution in [2.45, 2.75) is 165 Å². The van der Waals surface area contributed by atoms with Gasteiger partial charge in [0.2, 0.25) is 1.43 Å². The fraction of sp³-hybridized carbons (Fsp3) is 0.537. The van der Waals surface area contributed by atoms with Crippen molar-refractivity contribution in [3.05, 3.63) is 108 Å². The second-order valence-corrected chi connectivity index (χ2v) is 17.0. The average Bonchev–Trinajstić information content (AvgIpc) is 3.36. The molecule has 3 aromatic rings. The number of aliphatic hydroxyl groups excluding tert-OH is 4. The number of carbonyl (C=O) groups excluding carboxylic acids is 5. The number of carbonyl (C=O) groups is 7. The van der Waals surface area contributed by atoms with E-state index in [1.807, 2.05) is 62.4 Å². The molecule has 0 fully saturated rings. The molecule has 0 bridgehead atoms. The predicted octanol–water partition coefficient (Wildman–Crippen LogP) is 8.32. The molecule has 0 aliphatic heterocycles. The predicted molar refractivity (Wildman–Crippen MR) is 279 cm³/mol. The molecule has 22 nitrogen and oxygen atoms in total. The second-order valence-electron chi connectivity index (χ2n) is 15.3. The van der Waals surface area contributed by atoms with Gasteiger partial charge < -0.3 is 54.3 Å². The molecule has 0 radical (unpaired) electrons. The Hall–Kier alpha value is -6.39. The van der Waals surface area contributed by atoms with E-state index in [4.69, 9.17) is 75.9 Å². The van der Waals surface area contributed by atoms with Crippen LogP contribution in [0.2, 0.25) is 0 Å². The van der Waals surface area contributed by atoms with Crippen molar-refractivity contribution in [3.63, 3.8) is 0 Å². The van der Waals surface area contributed by atoms with E-state index in [9.17, 15) is 33.6 Å². The first-order valence-corrected chi connectivity index (χ1v) is 25.2. The van der Waals surface area contributed by atoms with Crippen LogP contribution in [0.4, 0.5) is 0 Å². The number of esters is 5. The standard InChI is InChI=1S/C11H12O4.2C11H14O3.C8H14O4.C8H16O3.C2H6.CH4O.2CH4.4O.Ru/c12-10(13)6-7-11(14)15-8-9-4-2-1-3-5-9;2*12-8-4-7-11(13)14-9-10-5-2-1-3-6-10;1-8(2,3)12-7(11)5-4-6(9)10;1-8(2,3)11-7(10)5-4-6-9;2*1-2;;;;;;;/h1-5H,6-8H2,(H,12,13);2*1-3,5-6,12H,4,7-9H2;4-5H2,1-3H3,(H,9,10);9H,4-6H2,1-3H3;1-2H3;2H,1H3;2*1H4;;;;;/i2*7D2;;2*4D2;;2D;;;;;;;. The molecule has 0 saturated heterocycles. The van der Waals surface area contributed by atoms with E-state index in [0.717, 1.165) is 11.1 Å². The average molecular weight is 1200 g/mol. The molecule has 0 saturated carbocycles. The third kappa shape index (κ3) is 76.2. The third-order valence-corrected chi connectivity index (χ3v) is 6.58. The minimum absolute atomic E-state index is 0. The Balaban J connectivity index is -0.000000174. The van der Waals surface area contributed by atoms with Crippen molar-refractivity contribution in [2.24, 2.45) is 0 Å². The second kappa shape index (κ2) is 54.4. The zero-order valence-electron chi connectivity index (χ0n) is 52.7.